The maximum atomic E-state index is 13.7. The number of halogens is 2. The fourth-order valence-electron chi connectivity index (χ4n) is 1.73. The lowest BCUT2D eigenvalue weighted by Crippen LogP contribution is -2.09. The summed E-state index contributed by atoms with van der Waals surface area (Å²) < 4.78 is 24.7. The van der Waals surface area contributed by atoms with Gasteiger partial charge in [0.15, 0.2) is 6.79 Å². The Hall–Kier alpha value is -1.50. The van der Waals surface area contributed by atoms with E-state index in [0.717, 1.165) is 4.47 Å². The highest BCUT2D eigenvalue weighted by Crippen LogP contribution is 2.32. The molecule has 0 aliphatic rings. The van der Waals surface area contributed by atoms with Gasteiger partial charge in [0.1, 0.15) is 23.4 Å². The van der Waals surface area contributed by atoms with Gasteiger partial charge in [-0.05, 0) is 30.3 Å². The molecule has 0 aliphatic heterocycles. The van der Waals surface area contributed by atoms with Crippen molar-refractivity contribution in [2.75, 3.05) is 13.9 Å². The molecule has 0 fully saturated rings. The number of nitrogens with zero attached hydrogens (tertiary/aromatic N) is 1. The van der Waals surface area contributed by atoms with Crippen LogP contribution < -0.4 is 4.74 Å². The van der Waals surface area contributed by atoms with Gasteiger partial charge in [0.2, 0.25) is 0 Å². The molecule has 6 heteroatoms. The second kappa shape index (κ2) is 6.78. The SMILES string of the molecule is COCOc1ccc(Br)cc1C(O)c1ncccc1F. The molecule has 2 aromatic rings. The third-order valence-corrected chi connectivity index (χ3v) is 3.14. The first-order chi connectivity index (χ1) is 9.63. The zero-order chi connectivity index (χ0) is 14.5. The number of aliphatic hydroxyl groups is 1. The normalized spacial score (nSPS) is 12.2. The van der Waals surface area contributed by atoms with E-state index in [9.17, 15) is 9.50 Å². The molecule has 1 unspecified atom stereocenters. The van der Waals surface area contributed by atoms with Gasteiger partial charge in [-0.1, -0.05) is 15.9 Å². The third kappa shape index (κ3) is 3.33. The van der Waals surface area contributed by atoms with E-state index in [1.54, 1.807) is 18.2 Å². The van der Waals surface area contributed by atoms with Crippen LogP contribution in [0.25, 0.3) is 0 Å². The van der Waals surface area contributed by atoms with Gasteiger partial charge in [-0.15, -0.1) is 0 Å². The molecule has 0 amide bonds. The first-order valence-electron chi connectivity index (χ1n) is 5.83. The Bertz CT molecular complexity index is 594. The Labute approximate surface area is 124 Å². The van der Waals surface area contributed by atoms with Crippen molar-refractivity contribution in [2.24, 2.45) is 0 Å². The molecule has 1 aromatic heterocycles. The van der Waals surface area contributed by atoms with E-state index in [4.69, 9.17) is 9.47 Å². The predicted octanol–water partition coefficient (Wildman–Crippen LogP) is 3.05. The summed E-state index contributed by atoms with van der Waals surface area (Å²) in [5.74, 6) is -0.162. The summed E-state index contributed by atoms with van der Waals surface area (Å²) in [7, 11) is 1.49. The van der Waals surface area contributed by atoms with Gasteiger partial charge in [0, 0.05) is 23.3 Å². The van der Waals surface area contributed by atoms with Crippen molar-refractivity contribution in [2.45, 2.75) is 6.10 Å². The van der Waals surface area contributed by atoms with Crippen LogP contribution in [0.2, 0.25) is 0 Å². The van der Waals surface area contributed by atoms with Crippen LogP contribution in [0.1, 0.15) is 17.4 Å². The zero-order valence-corrected chi connectivity index (χ0v) is 12.3. The molecule has 4 nitrogen and oxygen atoms in total. The van der Waals surface area contributed by atoms with Crippen LogP contribution in [0.3, 0.4) is 0 Å². The van der Waals surface area contributed by atoms with Crippen LogP contribution in [0.5, 0.6) is 5.75 Å². The fraction of sp³-hybridized carbons (Fsp3) is 0.214. The molecule has 1 heterocycles. The average Bonchev–Trinajstić information content (AvgIpc) is 2.46. The van der Waals surface area contributed by atoms with Crippen molar-refractivity contribution in [3.05, 3.63) is 58.1 Å². The van der Waals surface area contributed by atoms with E-state index in [1.807, 2.05) is 0 Å². The van der Waals surface area contributed by atoms with Crippen molar-refractivity contribution < 1.29 is 19.0 Å². The number of ether oxygens (including phenoxy) is 2. The van der Waals surface area contributed by atoms with E-state index < -0.39 is 11.9 Å². The van der Waals surface area contributed by atoms with Crippen LogP contribution >= 0.6 is 15.9 Å². The highest BCUT2D eigenvalue weighted by Gasteiger charge is 2.20. The second-order valence-corrected chi connectivity index (χ2v) is 4.92. The molecular formula is C14H13BrFNO3. The summed E-state index contributed by atoms with van der Waals surface area (Å²) >= 11 is 3.31. The van der Waals surface area contributed by atoms with Crippen molar-refractivity contribution >= 4 is 15.9 Å². The Morgan fingerprint density at radius 1 is 1.40 bits per heavy atom. The highest BCUT2D eigenvalue weighted by molar-refractivity contribution is 9.10. The van der Waals surface area contributed by atoms with Crippen molar-refractivity contribution in [1.82, 2.24) is 4.98 Å². The van der Waals surface area contributed by atoms with E-state index in [0.29, 0.717) is 11.3 Å². The van der Waals surface area contributed by atoms with Gasteiger partial charge in [0.05, 0.1) is 0 Å². The minimum Gasteiger partial charge on any atom is -0.467 e. The Morgan fingerprint density at radius 3 is 2.90 bits per heavy atom. The Kier molecular flexibility index (Phi) is 5.05. The smallest absolute Gasteiger partial charge is 0.188 e. The monoisotopic (exact) mass is 341 g/mol. The Morgan fingerprint density at radius 2 is 2.20 bits per heavy atom. The molecule has 0 radical (unpaired) electrons. The quantitative estimate of drug-likeness (QED) is 0.849. The van der Waals surface area contributed by atoms with Gasteiger partial charge in [-0.3, -0.25) is 4.98 Å². The van der Waals surface area contributed by atoms with Crippen LogP contribution in [0, 0.1) is 5.82 Å². The first kappa shape index (κ1) is 14.9. The van der Waals surface area contributed by atoms with E-state index in [1.165, 1.54) is 25.4 Å². The largest absolute Gasteiger partial charge is 0.467 e. The summed E-state index contributed by atoms with van der Waals surface area (Å²) in [4.78, 5) is 3.88. The molecule has 0 bridgehead atoms. The van der Waals surface area contributed by atoms with Gasteiger partial charge in [0.25, 0.3) is 0 Å². The summed E-state index contributed by atoms with van der Waals surface area (Å²) in [5.41, 5.74) is 0.363. The maximum absolute atomic E-state index is 13.7. The number of aromatic nitrogens is 1. The topological polar surface area (TPSA) is 51.6 Å². The average molecular weight is 342 g/mol. The molecule has 0 aliphatic carbocycles. The maximum Gasteiger partial charge on any atom is 0.188 e. The summed E-state index contributed by atoms with van der Waals surface area (Å²) in [6.07, 6.45) is 0.204. The van der Waals surface area contributed by atoms with E-state index in [2.05, 4.69) is 20.9 Å². The van der Waals surface area contributed by atoms with Gasteiger partial charge >= 0.3 is 0 Å². The van der Waals surface area contributed by atoms with Crippen LogP contribution in [0.4, 0.5) is 4.39 Å². The van der Waals surface area contributed by atoms with E-state index >= 15 is 0 Å². The van der Waals surface area contributed by atoms with Crippen molar-refractivity contribution in [3.63, 3.8) is 0 Å². The van der Waals surface area contributed by atoms with Crippen molar-refractivity contribution in [3.8, 4) is 5.75 Å². The van der Waals surface area contributed by atoms with Crippen LogP contribution in [0.15, 0.2) is 41.0 Å². The number of hydrogen-bond acceptors (Lipinski definition) is 4. The minimum atomic E-state index is -1.22. The molecule has 106 valence electrons. The molecular weight excluding hydrogens is 329 g/mol. The number of rotatable bonds is 5. The summed E-state index contributed by atoms with van der Waals surface area (Å²) in [6, 6.07) is 7.80. The second-order valence-electron chi connectivity index (χ2n) is 4.01. The molecule has 20 heavy (non-hydrogen) atoms. The molecule has 1 atom stereocenters. The third-order valence-electron chi connectivity index (χ3n) is 2.64. The number of benzene rings is 1. The molecule has 1 aromatic carbocycles. The molecule has 0 saturated carbocycles. The van der Waals surface area contributed by atoms with Gasteiger partial charge < -0.3 is 14.6 Å². The number of aliphatic hydroxyl groups excluding tert-OH is 1. The number of methoxy groups -OCH3 is 1. The van der Waals surface area contributed by atoms with Crippen molar-refractivity contribution in [1.29, 1.82) is 0 Å². The molecule has 0 spiro atoms. The fourth-order valence-corrected chi connectivity index (χ4v) is 2.11. The predicted molar refractivity (Wildman–Crippen MR) is 74.9 cm³/mol. The lowest BCUT2D eigenvalue weighted by molar-refractivity contribution is 0.0486. The lowest BCUT2D eigenvalue weighted by atomic mass is 10.0. The zero-order valence-electron chi connectivity index (χ0n) is 10.7. The summed E-state index contributed by atoms with van der Waals surface area (Å²) in [6.45, 7) is 0.0338. The minimum absolute atomic E-state index is 0.0338. The first-order valence-corrected chi connectivity index (χ1v) is 6.62. The number of pyridine rings is 1. The van der Waals surface area contributed by atoms with Gasteiger partial charge in [-0.25, -0.2) is 4.39 Å². The van der Waals surface area contributed by atoms with Crippen LogP contribution in [-0.2, 0) is 4.74 Å². The molecule has 1 N–H and O–H groups in total. The van der Waals surface area contributed by atoms with Crippen LogP contribution in [-0.4, -0.2) is 24.0 Å². The molecule has 0 saturated heterocycles. The van der Waals surface area contributed by atoms with E-state index in [-0.39, 0.29) is 12.5 Å². The highest BCUT2D eigenvalue weighted by atomic mass is 79.9. The number of hydrogen-bond donors (Lipinski definition) is 1. The lowest BCUT2D eigenvalue weighted by Gasteiger charge is -2.16. The standard InChI is InChI=1S/C14H13BrFNO3/c1-19-8-20-12-5-4-9(15)7-10(12)14(18)13-11(16)3-2-6-17-13/h2-7,14,18H,8H2,1H3. The van der Waals surface area contributed by atoms with Gasteiger partial charge in [-0.2, -0.15) is 0 Å². The molecule has 2 rings (SSSR count). The Balaban J connectivity index is 2.40. The summed E-state index contributed by atoms with van der Waals surface area (Å²) in [5, 5.41) is 10.3.